The minimum Gasteiger partial charge on any atom is -0.478 e. The van der Waals surface area contributed by atoms with E-state index < -0.39 is 5.97 Å². The number of benzene rings is 1. The second-order valence-electron chi connectivity index (χ2n) is 4.02. The third kappa shape index (κ3) is 3.40. The molecule has 0 unspecified atom stereocenters. The lowest BCUT2D eigenvalue weighted by molar-refractivity contribution is 0.0696. The summed E-state index contributed by atoms with van der Waals surface area (Å²) in [5.74, 6) is -0.377. The van der Waals surface area contributed by atoms with Gasteiger partial charge in [-0.1, -0.05) is 30.1 Å². The molecule has 0 saturated heterocycles. The zero-order chi connectivity index (χ0) is 14.7. The van der Waals surface area contributed by atoms with Gasteiger partial charge in [0.25, 0.3) is 0 Å². The molecule has 4 nitrogen and oxygen atoms in total. The first kappa shape index (κ1) is 14.6. The van der Waals surface area contributed by atoms with Crippen LogP contribution in [-0.4, -0.2) is 16.1 Å². The molecule has 0 fully saturated rings. The van der Waals surface area contributed by atoms with Crippen LogP contribution in [0.15, 0.2) is 30.3 Å². The van der Waals surface area contributed by atoms with Crippen molar-refractivity contribution in [1.29, 1.82) is 0 Å². The average molecular weight is 312 g/mol. The highest BCUT2D eigenvalue weighted by Gasteiger charge is 2.10. The van der Waals surface area contributed by atoms with Crippen LogP contribution in [0.4, 0.5) is 0 Å². The van der Waals surface area contributed by atoms with Gasteiger partial charge in [-0.3, -0.25) is 0 Å². The van der Waals surface area contributed by atoms with Gasteiger partial charge in [-0.2, -0.15) is 0 Å². The number of pyridine rings is 1. The molecule has 0 radical (unpaired) electrons. The second kappa shape index (κ2) is 6.11. The van der Waals surface area contributed by atoms with Crippen LogP contribution in [-0.2, 0) is 6.42 Å². The monoisotopic (exact) mass is 311 g/mol. The number of aromatic carboxylic acids is 1. The van der Waals surface area contributed by atoms with Crippen molar-refractivity contribution >= 4 is 29.2 Å². The molecule has 0 aliphatic rings. The minimum absolute atomic E-state index is 0.131. The van der Waals surface area contributed by atoms with Crippen molar-refractivity contribution < 1.29 is 14.6 Å². The zero-order valence-corrected chi connectivity index (χ0v) is 12.1. The Balaban J connectivity index is 2.34. The molecular weight excluding hydrogens is 301 g/mol. The number of nitrogens with zero attached hydrogens (tertiary/aromatic N) is 1. The summed E-state index contributed by atoms with van der Waals surface area (Å²) in [4.78, 5) is 15.3. The third-order valence-corrected chi connectivity index (χ3v) is 3.32. The standard InChI is InChI=1S/C14H11Cl2NO3/c1-2-9-5-8(14(18)19)6-13(17-9)20-10-3-4-11(15)12(16)7-10/h3-7H,2H2,1H3,(H,18,19). The molecule has 1 N–H and O–H groups in total. The molecular formula is C14H11Cl2NO3. The highest BCUT2D eigenvalue weighted by atomic mass is 35.5. The Morgan fingerprint density at radius 2 is 2.00 bits per heavy atom. The number of ether oxygens (including phenoxy) is 1. The SMILES string of the molecule is CCc1cc(C(=O)O)cc(Oc2ccc(Cl)c(Cl)c2)n1. The van der Waals surface area contributed by atoms with Gasteiger partial charge in [0.15, 0.2) is 0 Å². The molecule has 0 bridgehead atoms. The predicted octanol–water partition coefficient (Wildman–Crippen LogP) is 4.44. The predicted molar refractivity (Wildman–Crippen MR) is 77.1 cm³/mol. The van der Waals surface area contributed by atoms with E-state index in [1.54, 1.807) is 18.2 Å². The Bertz CT molecular complexity index is 659. The van der Waals surface area contributed by atoms with Crippen LogP contribution in [0.1, 0.15) is 23.0 Å². The van der Waals surface area contributed by atoms with E-state index in [4.69, 9.17) is 33.0 Å². The van der Waals surface area contributed by atoms with Crippen molar-refractivity contribution in [2.45, 2.75) is 13.3 Å². The Morgan fingerprint density at radius 1 is 1.25 bits per heavy atom. The zero-order valence-electron chi connectivity index (χ0n) is 10.6. The third-order valence-electron chi connectivity index (χ3n) is 2.58. The maximum Gasteiger partial charge on any atom is 0.335 e. The fraction of sp³-hybridized carbons (Fsp3) is 0.143. The van der Waals surface area contributed by atoms with E-state index in [9.17, 15) is 4.79 Å². The molecule has 1 aromatic heterocycles. The lowest BCUT2D eigenvalue weighted by Crippen LogP contribution is -2.01. The van der Waals surface area contributed by atoms with Gasteiger partial charge in [0.05, 0.1) is 15.6 Å². The van der Waals surface area contributed by atoms with Crippen LogP contribution in [0.2, 0.25) is 10.0 Å². The molecule has 0 saturated carbocycles. The minimum atomic E-state index is -1.03. The van der Waals surface area contributed by atoms with Crippen LogP contribution in [0.3, 0.4) is 0 Å². The first-order valence-corrected chi connectivity index (χ1v) is 6.62. The maximum absolute atomic E-state index is 11.1. The lowest BCUT2D eigenvalue weighted by atomic mass is 10.2. The van der Waals surface area contributed by atoms with E-state index in [0.29, 0.717) is 27.9 Å². The Hall–Kier alpha value is -1.78. The first-order chi connectivity index (χ1) is 9.49. The number of carboxylic acid groups (broad SMARTS) is 1. The maximum atomic E-state index is 11.1. The molecule has 1 heterocycles. The number of rotatable bonds is 4. The fourth-order valence-electron chi connectivity index (χ4n) is 1.58. The summed E-state index contributed by atoms with van der Waals surface area (Å²) in [6.45, 7) is 1.89. The molecule has 2 aromatic rings. The van der Waals surface area contributed by atoms with Crippen LogP contribution in [0.25, 0.3) is 0 Å². The number of carboxylic acids is 1. The van der Waals surface area contributed by atoms with E-state index in [0.717, 1.165) is 0 Å². The van der Waals surface area contributed by atoms with E-state index >= 15 is 0 Å². The molecule has 20 heavy (non-hydrogen) atoms. The fourth-order valence-corrected chi connectivity index (χ4v) is 1.87. The van der Waals surface area contributed by atoms with Gasteiger partial charge in [-0.15, -0.1) is 0 Å². The van der Waals surface area contributed by atoms with Crippen LogP contribution >= 0.6 is 23.2 Å². The van der Waals surface area contributed by atoms with Gasteiger partial charge in [0.2, 0.25) is 5.88 Å². The summed E-state index contributed by atoms with van der Waals surface area (Å²) in [5.41, 5.74) is 0.770. The average Bonchev–Trinajstić information content (AvgIpc) is 2.42. The molecule has 6 heteroatoms. The Morgan fingerprint density at radius 3 is 2.60 bits per heavy atom. The molecule has 104 valence electrons. The molecule has 2 rings (SSSR count). The van der Waals surface area contributed by atoms with E-state index in [-0.39, 0.29) is 11.4 Å². The summed E-state index contributed by atoms with van der Waals surface area (Å²) < 4.78 is 5.53. The topological polar surface area (TPSA) is 59.4 Å². The van der Waals surface area contributed by atoms with Crippen molar-refractivity contribution in [2.75, 3.05) is 0 Å². The summed E-state index contributed by atoms with van der Waals surface area (Å²) >= 11 is 11.7. The molecule has 0 aliphatic heterocycles. The summed E-state index contributed by atoms with van der Waals surface area (Å²) in [6, 6.07) is 7.66. The van der Waals surface area contributed by atoms with Gasteiger partial charge >= 0.3 is 5.97 Å². The molecule has 0 aliphatic carbocycles. The van der Waals surface area contributed by atoms with Crippen molar-refractivity contribution in [3.8, 4) is 11.6 Å². The number of hydrogen-bond acceptors (Lipinski definition) is 3. The Labute approximate surface area is 125 Å². The number of carbonyl (C=O) groups is 1. The smallest absolute Gasteiger partial charge is 0.335 e. The van der Waals surface area contributed by atoms with Crippen LogP contribution in [0.5, 0.6) is 11.6 Å². The summed E-state index contributed by atoms with van der Waals surface area (Å²) in [5, 5.41) is 9.83. The molecule has 0 amide bonds. The van der Waals surface area contributed by atoms with E-state index in [1.165, 1.54) is 12.1 Å². The van der Waals surface area contributed by atoms with Crippen molar-refractivity contribution in [2.24, 2.45) is 0 Å². The lowest BCUT2D eigenvalue weighted by Gasteiger charge is -2.08. The van der Waals surface area contributed by atoms with Gasteiger partial charge in [0.1, 0.15) is 5.75 Å². The second-order valence-corrected chi connectivity index (χ2v) is 4.84. The molecule has 0 atom stereocenters. The number of aryl methyl sites for hydroxylation is 1. The first-order valence-electron chi connectivity index (χ1n) is 5.86. The van der Waals surface area contributed by atoms with Crippen molar-refractivity contribution in [3.63, 3.8) is 0 Å². The molecule has 1 aromatic carbocycles. The normalized spacial score (nSPS) is 10.3. The largest absolute Gasteiger partial charge is 0.478 e. The van der Waals surface area contributed by atoms with Gasteiger partial charge in [0, 0.05) is 17.8 Å². The number of hydrogen-bond donors (Lipinski definition) is 1. The highest BCUT2D eigenvalue weighted by Crippen LogP contribution is 2.29. The van der Waals surface area contributed by atoms with Gasteiger partial charge < -0.3 is 9.84 Å². The molecule has 0 spiro atoms. The number of halogens is 2. The van der Waals surface area contributed by atoms with Gasteiger partial charge in [-0.05, 0) is 24.6 Å². The highest BCUT2D eigenvalue weighted by molar-refractivity contribution is 6.42. The summed E-state index contributed by atoms with van der Waals surface area (Å²) in [7, 11) is 0. The van der Waals surface area contributed by atoms with Crippen molar-refractivity contribution in [3.05, 3.63) is 51.6 Å². The van der Waals surface area contributed by atoms with Gasteiger partial charge in [-0.25, -0.2) is 9.78 Å². The van der Waals surface area contributed by atoms with Crippen LogP contribution < -0.4 is 4.74 Å². The van der Waals surface area contributed by atoms with Crippen LogP contribution in [0, 0.1) is 0 Å². The number of aromatic nitrogens is 1. The Kier molecular flexibility index (Phi) is 4.47. The van der Waals surface area contributed by atoms with Crippen molar-refractivity contribution in [1.82, 2.24) is 4.98 Å². The summed E-state index contributed by atoms with van der Waals surface area (Å²) in [6.07, 6.45) is 0.610. The van der Waals surface area contributed by atoms with E-state index in [2.05, 4.69) is 4.98 Å². The quantitative estimate of drug-likeness (QED) is 0.906. The van der Waals surface area contributed by atoms with E-state index in [1.807, 2.05) is 6.92 Å².